The van der Waals surface area contributed by atoms with E-state index in [4.69, 9.17) is 10.5 Å². The monoisotopic (exact) mass is 287 g/mol. The van der Waals surface area contributed by atoms with Crippen LogP contribution in [0.1, 0.15) is 26.7 Å². The molecule has 0 spiro atoms. The zero-order chi connectivity index (χ0) is 15.2. The largest absolute Gasteiger partial charge is 0.399 e. The predicted molar refractivity (Wildman–Crippen MR) is 89.7 cm³/mol. The predicted octanol–water partition coefficient (Wildman–Crippen LogP) is 3.46. The number of methoxy groups -OCH3 is 1. The van der Waals surface area contributed by atoms with Gasteiger partial charge in [0.2, 0.25) is 0 Å². The van der Waals surface area contributed by atoms with Crippen LogP contribution in [0.25, 0.3) is 10.9 Å². The van der Waals surface area contributed by atoms with Gasteiger partial charge in [-0.25, -0.2) is 0 Å². The maximum Gasteiger partial charge on any atom is 0.0743 e. The Morgan fingerprint density at radius 2 is 2.00 bits per heavy atom. The number of hydrogen-bond donors (Lipinski definition) is 1. The van der Waals surface area contributed by atoms with Gasteiger partial charge in [-0.3, -0.25) is 4.98 Å². The first-order valence-electron chi connectivity index (χ1n) is 7.61. The summed E-state index contributed by atoms with van der Waals surface area (Å²) in [6, 6.07) is 8.53. The lowest BCUT2D eigenvalue weighted by atomic mass is 10.1. The fourth-order valence-corrected chi connectivity index (χ4v) is 2.82. The van der Waals surface area contributed by atoms with E-state index < -0.39 is 0 Å². The first-order valence-corrected chi connectivity index (χ1v) is 7.61. The average molecular weight is 287 g/mol. The molecule has 0 radical (unpaired) electrons. The number of anilines is 2. The number of benzene rings is 1. The van der Waals surface area contributed by atoms with Crippen LogP contribution in [0.2, 0.25) is 0 Å². The molecule has 2 N–H and O–H groups in total. The molecule has 4 nitrogen and oxygen atoms in total. The van der Waals surface area contributed by atoms with Crippen molar-refractivity contribution in [2.45, 2.75) is 32.7 Å². The molecule has 2 rings (SSSR count). The van der Waals surface area contributed by atoms with Crippen LogP contribution >= 0.6 is 0 Å². The van der Waals surface area contributed by atoms with Crippen molar-refractivity contribution in [1.82, 2.24) is 4.98 Å². The van der Waals surface area contributed by atoms with Gasteiger partial charge in [-0.2, -0.15) is 0 Å². The van der Waals surface area contributed by atoms with Gasteiger partial charge >= 0.3 is 0 Å². The summed E-state index contributed by atoms with van der Waals surface area (Å²) in [6.07, 6.45) is 4.08. The number of nitrogens with two attached hydrogens (primary N) is 1. The normalized spacial score (nSPS) is 11.2. The Balaban J connectivity index is 2.47. The van der Waals surface area contributed by atoms with E-state index in [2.05, 4.69) is 35.9 Å². The summed E-state index contributed by atoms with van der Waals surface area (Å²) in [4.78, 5) is 6.87. The molecule has 0 unspecified atom stereocenters. The molecule has 0 aliphatic heterocycles. The summed E-state index contributed by atoms with van der Waals surface area (Å²) < 4.78 is 5.29. The molecule has 0 saturated heterocycles. The van der Waals surface area contributed by atoms with E-state index in [1.807, 2.05) is 18.3 Å². The quantitative estimate of drug-likeness (QED) is 0.792. The van der Waals surface area contributed by atoms with Crippen LogP contribution in [0.5, 0.6) is 0 Å². The minimum absolute atomic E-state index is 0.503. The molecular weight excluding hydrogens is 262 g/mol. The second-order valence-electron chi connectivity index (χ2n) is 5.26. The van der Waals surface area contributed by atoms with Gasteiger partial charge in [0.1, 0.15) is 0 Å². The molecule has 0 bridgehead atoms. The molecule has 1 heterocycles. The van der Waals surface area contributed by atoms with Gasteiger partial charge in [0, 0.05) is 42.7 Å². The molecule has 0 amide bonds. The van der Waals surface area contributed by atoms with Crippen LogP contribution in [0, 0.1) is 0 Å². The van der Waals surface area contributed by atoms with Crippen molar-refractivity contribution in [1.29, 1.82) is 0 Å². The number of fused-ring (bicyclic) bond motifs is 1. The molecule has 0 saturated carbocycles. The van der Waals surface area contributed by atoms with Crippen molar-refractivity contribution in [2.24, 2.45) is 0 Å². The van der Waals surface area contributed by atoms with Crippen LogP contribution in [0.3, 0.4) is 0 Å². The van der Waals surface area contributed by atoms with Crippen LogP contribution in [0.15, 0.2) is 30.5 Å². The SMILES string of the molecule is CCC(CC)N(CCOC)c1ccnc2cc(N)ccc12. The molecule has 1 aromatic heterocycles. The minimum Gasteiger partial charge on any atom is -0.399 e. The molecule has 4 heteroatoms. The maximum atomic E-state index is 5.87. The molecule has 0 fully saturated rings. The summed E-state index contributed by atoms with van der Waals surface area (Å²) >= 11 is 0. The van der Waals surface area contributed by atoms with E-state index in [1.165, 1.54) is 5.69 Å². The number of nitrogens with zero attached hydrogens (tertiary/aromatic N) is 2. The van der Waals surface area contributed by atoms with E-state index >= 15 is 0 Å². The Labute approximate surface area is 126 Å². The maximum absolute atomic E-state index is 5.87. The van der Waals surface area contributed by atoms with E-state index in [9.17, 15) is 0 Å². The molecule has 114 valence electrons. The Kier molecular flexibility index (Phi) is 5.39. The lowest BCUT2D eigenvalue weighted by Crippen LogP contribution is -2.37. The van der Waals surface area contributed by atoms with Gasteiger partial charge in [0.15, 0.2) is 0 Å². The fraction of sp³-hybridized carbons (Fsp3) is 0.471. The second kappa shape index (κ2) is 7.27. The highest BCUT2D eigenvalue weighted by Crippen LogP contribution is 2.29. The van der Waals surface area contributed by atoms with Gasteiger partial charge in [-0.1, -0.05) is 13.8 Å². The van der Waals surface area contributed by atoms with Crippen LogP contribution in [-0.2, 0) is 4.74 Å². The molecule has 0 aliphatic rings. The first-order chi connectivity index (χ1) is 10.2. The summed E-state index contributed by atoms with van der Waals surface area (Å²) in [5.41, 5.74) is 8.78. The highest BCUT2D eigenvalue weighted by Gasteiger charge is 2.17. The van der Waals surface area contributed by atoms with E-state index in [0.717, 1.165) is 42.6 Å². The first kappa shape index (κ1) is 15.6. The van der Waals surface area contributed by atoms with Crippen LogP contribution in [0.4, 0.5) is 11.4 Å². The molecule has 0 atom stereocenters. The number of pyridine rings is 1. The topological polar surface area (TPSA) is 51.4 Å². The second-order valence-corrected chi connectivity index (χ2v) is 5.26. The number of ether oxygens (including phenoxy) is 1. The van der Waals surface area contributed by atoms with E-state index in [0.29, 0.717) is 6.04 Å². The number of rotatable bonds is 7. The van der Waals surface area contributed by atoms with Crippen molar-refractivity contribution >= 4 is 22.3 Å². The molecule has 1 aromatic carbocycles. The average Bonchev–Trinajstić information content (AvgIpc) is 2.50. The van der Waals surface area contributed by atoms with Crippen molar-refractivity contribution in [3.63, 3.8) is 0 Å². The zero-order valence-electron chi connectivity index (χ0n) is 13.2. The minimum atomic E-state index is 0.503. The third kappa shape index (κ3) is 3.45. The van der Waals surface area contributed by atoms with E-state index in [-0.39, 0.29) is 0 Å². The number of nitrogen functional groups attached to an aromatic ring is 1. The molecule has 0 aliphatic carbocycles. The number of aromatic nitrogens is 1. The van der Waals surface area contributed by atoms with Gasteiger partial charge in [-0.15, -0.1) is 0 Å². The van der Waals surface area contributed by atoms with Crippen molar-refractivity contribution in [3.05, 3.63) is 30.5 Å². The third-order valence-electron chi connectivity index (χ3n) is 3.97. The van der Waals surface area contributed by atoms with Gasteiger partial charge in [0.05, 0.1) is 12.1 Å². The summed E-state index contributed by atoms with van der Waals surface area (Å²) in [5.74, 6) is 0. The highest BCUT2D eigenvalue weighted by molar-refractivity contribution is 5.93. The summed E-state index contributed by atoms with van der Waals surface area (Å²) in [7, 11) is 1.75. The molecule has 21 heavy (non-hydrogen) atoms. The van der Waals surface area contributed by atoms with Gasteiger partial charge in [-0.05, 0) is 37.1 Å². The van der Waals surface area contributed by atoms with Crippen molar-refractivity contribution in [2.75, 3.05) is 30.9 Å². The Morgan fingerprint density at radius 3 is 2.67 bits per heavy atom. The Morgan fingerprint density at radius 1 is 1.24 bits per heavy atom. The standard InChI is InChI=1S/C17H25N3O/c1-4-14(5-2)20(10-11-21-3)17-8-9-19-16-12-13(18)6-7-15(16)17/h6-9,12,14H,4-5,10-11,18H2,1-3H3. The smallest absolute Gasteiger partial charge is 0.0743 e. The Hall–Kier alpha value is -1.81. The lowest BCUT2D eigenvalue weighted by molar-refractivity contribution is 0.202. The van der Waals surface area contributed by atoms with Crippen LogP contribution in [-0.4, -0.2) is 31.3 Å². The Bertz CT molecular complexity index is 581. The van der Waals surface area contributed by atoms with Crippen LogP contribution < -0.4 is 10.6 Å². The van der Waals surface area contributed by atoms with E-state index in [1.54, 1.807) is 7.11 Å². The van der Waals surface area contributed by atoms with Crippen molar-refractivity contribution in [3.8, 4) is 0 Å². The fourth-order valence-electron chi connectivity index (χ4n) is 2.82. The highest BCUT2D eigenvalue weighted by atomic mass is 16.5. The van der Waals surface area contributed by atoms with Gasteiger partial charge < -0.3 is 15.4 Å². The molecular formula is C17H25N3O. The van der Waals surface area contributed by atoms with Gasteiger partial charge in [0.25, 0.3) is 0 Å². The lowest BCUT2D eigenvalue weighted by Gasteiger charge is -2.33. The molecule has 2 aromatic rings. The number of hydrogen-bond acceptors (Lipinski definition) is 4. The third-order valence-corrected chi connectivity index (χ3v) is 3.97. The van der Waals surface area contributed by atoms with Crippen molar-refractivity contribution < 1.29 is 4.74 Å². The zero-order valence-corrected chi connectivity index (χ0v) is 13.2. The summed E-state index contributed by atoms with van der Waals surface area (Å²) in [5, 5.41) is 1.15. The summed E-state index contributed by atoms with van der Waals surface area (Å²) in [6.45, 7) is 6.06.